The van der Waals surface area contributed by atoms with Crippen molar-refractivity contribution in [2.24, 2.45) is 0 Å². The van der Waals surface area contributed by atoms with Crippen LogP contribution in [0.15, 0.2) is 47.6 Å². The summed E-state index contributed by atoms with van der Waals surface area (Å²) in [5.74, 6) is 0. The Morgan fingerprint density at radius 3 is 2.45 bits per heavy atom. The van der Waals surface area contributed by atoms with Crippen LogP contribution in [0.25, 0.3) is 0 Å². The summed E-state index contributed by atoms with van der Waals surface area (Å²) in [5, 5.41) is 0.441. The predicted molar refractivity (Wildman–Crippen MR) is 77.0 cm³/mol. The highest BCUT2D eigenvalue weighted by molar-refractivity contribution is 7.86. The van der Waals surface area contributed by atoms with Gasteiger partial charge in [-0.3, -0.25) is 9.17 Å². The fraction of sp³-hybridized carbons (Fsp3) is 0.214. The van der Waals surface area contributed by atoms with E-state index in [-0.39, 0.29) is 11.5 Å². The summed E-state index contributed by atoms with van der Waals surface area (Å²) in [6.45, 7) is 1.91. The number of pyridine rings is 1. The lowest BCUT2D eigenvalue weighted by Gasteiger charge is -2.06. The van der Waals surface area contributed by atoms with Gasteiger partial charge in [0.1, 0.15) is 0 Å². The van der Waals surface area contributed by atoms with E-state index >= 15 is 0 Å². The first-order valence-corrected chi connectivity index (χ1v) is 7.87. The molecule has 0 radical (unpaired) electrons. The first-order chi connectivity index (χ1) is 9.51. The van der Waals surface area contributed by atoms with Crippen LogP contribution in [0.3, 0.4) is 0 Å². The Hall–Kier alpha value is -1.43. The molecule has 20 heavy (non-hydrogen) atoms. The number of hydrogen-bond acceptors (Lipinski definition) is 4. The van der Waals surface area contributed by atoms with Crippen LogP contribution in [-0.2, 0) is 27.3 Å². The highest BCUT2D eigenvalue weighted by Gasteiger charge is 2.15. The maximum Gasteiger partial charge on any atom is 0.297 e. The number of halogens is 1. The van der Waals surface area contributed by atoms with Gasteiger partial charge in [0.2, 0.25) is 0 Å². The molecular weight excluding hydrogens is 298 g/mol. The van der Waals surface area contributed by atoms with Crippen LogP contribution in [0, 0.1) is 0 Å². The zero-order chi connectivity index (χ0) is 14.6. The van der Waals surface area contributed by atoms with E-state index in [4.69, 9.17) is 15.8 Å². The van der Waals surface area contributed by atoms with Crippen molar-refractivity contribution in [1.29, 1.82) is 0 Å². The van der Waals surface area contributed by atoms with Crippen LogP contribution in [-0.4, -0.2) is 13.4 Å². The molecule has 1 heterocycles. The topological polar surface area (TPSA) is 56.3 Å². The van der Waals surface area contributed by atoms with Gasteiger partial charge >= 0.3 is 0 Å². The Morgan fingerprint density at radius 2 is 1.85 bits per heavy atom. The van der Waals surface area contributed by atoms with Gasteiger partial charge in [-0.15, -0.1) is 0 Å². The average molecular weight is 312 g/mol. The molecule has 1 aromatic heterocycles. The first kappa shape index (κ1) is 15.0. The van der Waals surface area contributed by atoms with Crippen LogP contribution < -0.4 is 0 Å². The first-order valence-electron chi connectivity index (χ1n) is 6.09. The van der Waals surface area contributed by atoms with E-state index in [0.717, 1.165) is 12.0 Å². The molecular formula is C14H14ClNO3S. The van der Waals surface area contributed by atoms with Gasteiger partial charge in [0.25, 0.3) is 10.1 Å². The monoisotopic (exact) mass is 311 g/mol. The SMILES string of the molecule is CCc1ccc(S(=O)(=O)OCc2cncc(Cl)c2)cc1. The molecule has 0 amide bonds. The molecule has 0 bridgehead atoms. The van der Waals surface area contributed by atoms with E-state index in [0.29, 0.717) is 10.6 Å². The lowest BCUT2D eigenvalue weighted by molar-refractivity contribution is 0.307. The molecule has 0 N–H and O–H groups in total. The minimum Gasteiger partial charge on any atom is -0.263 e. The standard InChI is InChI=1S/C14H14ClNO3S/c1-2-11-3-5-14(6-4-11)20(17,18)19-10-12-7-13(15)9-16-8-12/h3-9H,2,10H2,1H3. The van der Waals surface area contributed by atoms with Gasteiger partial charge in [-0.2, -0.15) is 8.42 Å². The number of benzene rings is 1. The van der Waals surface area contributed by atoms with Crippen molar-refractivity contribution >= 4 is 21.7 Å². The second-order valence-electron chi connectivity index (χ2n) is 4.23. The van der Waals surface area contributed by atoms with E-state index in [1.807, 2.05) is 6.92 Å². The van der Waals surface area contributed by atoms with Crippen molar-refractivity contribution in [2.45, 2.75) is 24.8 Å². The van der Waals surface area contributed by atoms with Crippen molar-refractivity contribution in [3.63, 3.8) is 0 Å². The van der Waals surface area contributed by atoms with E-state index in [9.17, 15) is 8.42 Å². The maximum atomic E-state index is 12.0. The Labute approximate surface area is 123 Å². The summed E-state index contributed by atoms with van der Waals surface area (Å²) in [6.07, 6.45) is 3.85. The second kappa shape index (κ2) is 6.35. The average Bonchev–Trinajstić information content (AvgIpc) is 2.45. The number of aromatic nitrogens is 1. The molecule has 0 aliphatic heterocycles. The van der Waals surface area contributed by atoms with E-state index in [1.54, 1.807) is 30.3 Å². The molecule has 0 spiro atoms. The number of hydrogen-bond donors (Lipinski definition) is 0. The summed E-state index contributed by atoms with van der Waals surface area (Å²) in [4.78, 5) is 4.02. The Bertz CT molecular complexity index is 684. The summed E-state index contributed by atoms with van der Waals surface area (Å²) in [7, 11) is -3.77. The van der Waals surface area contributed by atoms with Crippen LogP contribution >= 0.6 is 11.6 Å². The Morgan fingerprint density at radius 1 is 1.15 bits per heavy atom. The van der Waals surface area contributed by atoms with Gasteiger partial charge in [-0.05, 0) is 35.7 Å². The fourth-order valence-electron chi connectivity index (χ4n) is 1.64. The van der Waals surface area contributed by atoms with E-state index in [1.165, 1.54) is 12.4 Å². The third-order valence-corrected chi connectivity index (χ3v) is 4.25. The summed E-state index contributed by atoms with van der Waals surface area (Å²) in [6, 6.07) is 8.26. The highest BCUT2D eigenvalue weighted by atomic mass is 35.5. The van der Waals surface area contributed by atoms with E-state index in [2.05, 4.69) is 4.98 Å². The molecule has 0 aliphatic rings. The minimum atomic E-state index is -3.77. The summed E-state index contributed by atoms with van der Waals surface area (Å²) in [5.41, 5.74) is 1.68. The van der Waals surface area contributed by atoms with Crippen molar-refractivity contribution < 1.29 is 12.6 Å². The lowest BCUT2D eigenvalue weighted by atomic mass is 10.2. The zero-order valence-corrected chi connectivity index (χ0v) is 12.5. The molecule has 2 rings (SSSR count). The third kappa shape index (κ3) is 3.79. The summed E-state index contributed by atoms with van der Waals surface area (Å²) < 4.78 is 29.0. The molecule has 0 atom stereocenters. The smallest absolute Gasteiger partial charge is 0.263 e. The molecule has 1 aromatic carbocycles. The quantitative estimate of drug-likeness (QED) is 0.796. The molecule has 0 unspecified atom stereocenters. The third-order valence-electron chi connectivity index (χ3n) is 2.76. The molecule has 0 aliphatic carbocycles. The van der Waals surface area contributed by atoms with Gasteiger partial charge in [-0.1, -0.05) is 30.7 Å². The van der Waals surface area contributed by atoms with Gasteiger partial charge in [0.05, 0.1) is 16.5 Å². The molecule has 2 aromatic rings. The van der Waals surface area contributed by atoms with Gasteiger partial charge in [-0.25, -0.2) is 0 Å². The van der Waals surface area contributed by atoms with Gasteiger partial charge in [0.15, 0.2) is 0 Å². The highest BCUT2D eigenvalue weighted by Crippen LogP contribution is 2.16. The number of aryl methyl sites for hydroxylation is 1. The van der Waals surface area contributed by atoms with Crippen molar-refractivity contribution in [3.8, 4) is 0 Å². The maximum absolute atomic E-state index is 12.0. The lowest BCUT2D eigenvalue weighted by Crippen LogP contribution is -2.06. The van der Waals surface area contributed by atoms with Crippen LogP contribution in [0.4, 0.5) is 0 Å². The largest absolute Gasteiger partial charge is 0.297 e. The van der Waals surface area contributed by atoms with Crippen LogP contribution in [0.2, 0.25) is 5.02 Å². The van der Waals surface area contributed by atoms with Crippen molar-refractivity contribution in [3.05, 3.63) is 58.9 Å². The van der Waals surface area contributed by atoms with Crippen LogP contribution in [0.1, 0.15) is 18.1 Å². The molecule has 0 saturated carbocycles. The van der Waals surface area contributed by atoms with E-state index < -0.39 is 10.1 Å². The fourth-order valence-corrected chi connectivity index (χ4v) is 2.73. The van der Waals surface area contributed by atoms with Gasteiger partial charge in [0, 0.05) is 12.4 Å². The minimum absolute atomic E-state index is 0.0918. The number of nitrogens with zero attached hydrogens (tertiary/aromatic N) is 1. The van der Waals surface area contributed by atoms with Gasteiger partial charge < -0.3 is 0 Å². The second-order valence-corrected chi connectivity index (χ2v) is 6.28. The molecule has 0 saturated heterocycles. The Kier molecular flexibility index (Phi) is 4.75. The molecule has 6 heteroatoms. The molecule has 0 fully saturated rings. The Balaban J connectivity index is 2.10. The molecule has 4 nitrogen and oxygen atoms in total. The number of rotatable bonds is 5. The molecule has 106 valence electrons. The normalized spacial score (nSPS) is 11.5. The summed E-state index contributed by atoms with van der Waals surface area (Å²) >= 11 is 5.78. The predicted octanol–water partition coefficient (Wildman–Crippen LogP) is 3.20. The van der Waals surface area contributed by atoms with Crippen LogP contribution in [0.5, 0.6) is 0 Å². The zero-order valence-electron chi connectivity index (χ0n) is 10.9. The van der Waals surface area contributed by atoms with Crippen molar-refractivity contribution in [1.82, 2.24) is 4.98 Å². The van der Waals surface area contributed by atoms with Crippen molar-refractivity contribution in [2.75, 3.05) is 0 Å².